The summed E-state index contributed by atoms with van der Waals surface area (Å²) in [5, 5.41) is 4.40. The molecule has 3 rings (SSSR count). The SMILES string of the molecule is COC(=O)c1ccccc1NC(=O)COC(=O)c1csc2c1CCC(C)C2. The molecule has 2 aromatic rings. The van der Waals surface area contributed by atoms with Crippen LogP contribution in [0.3, 0.4) is 0 Å². The molecule has 0 saturated carbocycles. The van der Waals surface area contributed by atoms with Gasteiger partial charge in [0, 0.05) is 10.3 Å². The van der Waals surface area contributed by atoms with Crippen LogP contribution in [0.4, 0.5) is 5.69 Å². The van der Waals surface area contributed by atoms with Crippen LogP contribution in [-0.2, 0) is 27.1 Å². The Morgan fingerprint density at radius 2 is 1.96 bits per heavy atom. The third-order valence-corrected chi connectivity index (χ3v) is 5.61. The minimum Gasteiger partial charge on any atom is -0.465 e. The predicted octanol–water partition coefficient (Wildman–Crippen LogP) is 3.46. The van der Waals surface area contributed by atoms with Crippen LogP contribution in [0.15, 0.2) is 29.6 Å². The van der Waals surface area contributed by atoms with Crippen LogP contribution >= 0.6 is 11.3 Å². The van der Waals surface area contributed by atoms with E-state index in [1.165, 1.54) is 12.0 Å². The lowest BCUT2D eigenvalue weighted by Crippen LogP contribution is -2.22. The first-order valence-electron chi connectivity index (χ1n) is 8.73. The molecule has 0 bridgehead atoms. The lowest BCUT2D eigenvalue weighted by molar-refractivity contribution is -0.119. The van der Waals surface area contributed by atoms with E-state index in [1.807, 2.05) is 5.38 Å². The minimum atomic E-state index is -0.554. The smallest absolute Gasteiger partial charge is 0.339 e. The van der Waals surface area contributed by atoms with Crippen LogP contribution in [-0.4, -0.2) is 31.6 Å². The van der Waals surface area contributed by atoms with E-state index in [0.717, 1.165) is 24.8 Å². The number of carbonyl (C=O) groups excluding carboxylic acids is 3. The van der Waals surface area contributed by atoms with E-state index in [4.69, 9.17) is 9.47 Å². The molecule has 27 heavy (non-hydrogen) atoms. The Balaban J connectivity index is 1.60. The van der Waals surface area contributed by atoms with Crippen LogP contribution in [0.2, 0.25) is 0 Å². The number of para-hydroxylation sites is 1. The highest BCUT2D eigenvalue weighted by Crippen LogP contribution is 2.33. The molecular weight excluding hydrogens is 366 g/mol. The van der Waals surface area contributed by atoms with Gasteiger partial charge in [0.05, 0.1) is 23.9 Å². The molecule has 0 fully saturated rings. The van der Waals surface area contributed by atoms with Gasteiger partial charge in [-0.1, -0.05) is 19.1 Å². The Kier molecular flexibility index (Phi) is 5.91. The second-order valence-corrected chi connectivity index (χ2v) is 7.52. The van der Waals surface area contributed by atoms with Crippen molar-refractivity contribution in [1.29, 1.82) is 0 Å². The van der Waals surface area contributed by atoms with Gasteiger partial charge < -0.3 is 14.8 Å². The summed E-state index contributed by atoms with van der Waals surface area (Å²) in [6, 6.07) is 6.49. The van der Waals surface area contributed by atoms with E-state index < -0.39 is 24.5 Å². The predicted molar refractivity (Wildman–Crippen MR) is 102 cm³/mol. The first-order valence-corrected chi connectivity index (χ1v) is 9.61. The number of methoxy groups -OCH3 is 1. The molecular formula is C20H21NO5S. The fraction of sp³-hybridized carbons (Fsp3) is 0.350. The summed E-state index contributed by atoms with van der Waals surface area (Å²) in [5.74, 6) is -0.932. The lowest BCUT2D eigenvalue weighted by Gasteiger charge is -2.18. The van der Waals surface area contributed by atoms with Gasteiger partial charge in [-0.25, -0.2) is 9.59 Å². The number of esters is 2. The molecule has 1 atom stereocenters. The summed E-state index contributed by atoms with van der Waals surface area (Å²) in [6.07, 6.45) is 2.90. The highest BCUT2D eigenvalue weighted by atomic mass is 32.1. The Morgan fingerprint density at radius 3 is 2.74 bits per heavy atom. The van der Waals surface area contributed by atoms with E-state index >= 15 is 0 Å². The van der Waals surface area contributed by atoms with Crippen molar-refractivity contribution in [3.63, 3.8) is 0 Å². The van der Waals surface area contributed by atoms with E-state index in [-0.39, 0.29) is 5.56 Å². The number of amides is 1. The molecule has 142 valence electrons. The maximum atomic E-state index is 12.4. The monoisotopic (exact) mass is 387 g/mol. The number of nitrogens with one attached hydrogen (secondary N) is 1. The van der Waals surface area contributed by atoms with E-state index in [9.17, 15) is 14.4 Å². The first kappa shape index (κ1) is 19.1. The Hall–Kier alpha value is -2.67. The van der Waals surface area contributed by atoms with Crippen molar-refractivity contribution in [3.05, 3.63) is 51.2 Å². The zero-order chi connectivity index (χ0) is 19.4. The van der Waals surface area contributed by atoms with Gasteiger partial charge in [-0.3, -0.25) is 4.79 Å². The van der Waals surface area contributed by atoms with Crippen LogP contribution in [0.1, 0.15) is 44.5 Å². The van der Waals surface area contributed by atoms with Crippen LogP contribution in [0, 0.1) is 5.92 Å². The highest BCUT2D eigenvalue weighted by Gasteiger charge is 2.24. The molecule has 1 N–H and O–H groups in total. The zero-order valence-corrected chi connectivity index (χ0v) is 16.1. The summed E-state index contributed by atoms with van der Waals surface area (Å²) < 4.78 is 9.87. The average Bonchev–Trinajstić information content (AvgIpc) is 3.09. The number of anilines is 1. The molecule has 1 aromatic heterocycles. The molecule has 1 aliphatic carbocycles. The largest absolute Gasteiger partial charge is 0.465 e. The summed E-state index contributed by atoms with van der Waals surface area (Å²) in [7, 11) is 1.27. The van der Waals surface area contributed by atoms with Crippen molar-refractivity contribution in [2.45, 2.75) is 26.2 Å². The second kappa shape index (κ2) is 8.35. The van der Waals surface area contributed by atoms with Gasteiger partial charge in [0.15, 0.2) is 6.61 Å². The Bertz CT molecular complexity index is 873. The lowest BCUT2D eigenvalue weighted by atomic mass is 9.88. The van der Waals surface area contributed by atoms with E-state index in [1.54, 1.807) is 35.6 Å². The maximum absolute atomic E-state index is 12.4. The van der Waals surface area contributed by atoms with Crippen LogP contribution < -0.4 is 5.32 Å². The molecule has 1 unspecified atom stereocenters. The molecule has 1 aromatic carbocycles. The molecule has 1 amide bonds. The van der Waals surface area contributed by atoms with Crippen molar-refractivity contribution in [1.82, 2.24) is 0 Å². The number of benzene rings is 1. The number of rotatable bonds is 5. The number of hydrogen-bond donors (Lipinski definition) is 1. The molecule has 7 heteroatoms. The fourth-order valence-electron chi connectivity index (χ4n) is 3.12. The van der Waals surface area contributed by atoms with Gasteiger partial charge in [-0.05, 0) is 42.9 Å². The Labute approximate surface area is 161 Å². The number of fused-ring (bicyclic) bond motifs is 1. The van der Waals surface area contributed by atoms with Gasteiger partial charge in [0.2, 0.25) is 0 Å². The molecule has 0 saturated heterocycles. The van der Waals surface area contributed by atoms with Gasteiger partial charge in [-0.2, -0.15) is 0 Å². The summed E-state index contributed by atoms with van der Waals surface area (Å²) in [4.78, 5) is 37.5. The zero-order valence-electron chi connectivity index (χ0n) is 15.2. The Morgan fingerprint density at radius 1 is 1.19 bits per heavy atom. The van der Waals surface area contributed by atoms with Crippen LogP contribution in [0.5, 0.6) is 0 Å². The van der Waals surface area contributed by atoms with Crippen molar-refractivity contribution in [3.8, 4) is 0 Å². The maximum Gasteiger partial charge on any atom is 0.339 e. The van der Waals surface area contributed by atoms with Gasteiger partial charge >= 0.3 is 11.9 Å². The number of hydrogen-bond acceptors (Lipinski definition) is 6. The topological polar surface area (TPSA) is 81.7 Å². The van der Waals surface area contributed by atoms with Crippen LogP contribution in [0.25, 0.3) is 0 Å². The molecule has 1 aliphatic rings. The minimum absolute atomic E-state index is 0.237. The molecule has 0 radical (unpaired) electrons. The summed E-state index contributed by atoms with van der Waals surface area (Å²) >= 11 is 1.58. The van der Waals surface area contributed by atoms with Crippen molar-refractivity contribution in [2.75, 3.05) is 19.0 Å². The number of ether oxygens (including phenoxy) is 2. The molecule has 0 aliphatic heterocycles. The average molecular weight is 387 g/mol. The summed E-state index contributed by atoms with van der Waals surface area (Å²) in [5.41, 5.74) is 2.16. The van der Waals surface area contributed by atoms with Crippen molar-refractivity contribution < 1.29 is 23.9 Å². The van der Waals surface area contributed by atoms with E-state index in [0.29, 0.717) is 17.2 Å². The van der Waals surface area contributed by atoms with Gasteiger partial charge in [0.1, 0.15) is 0 Å². The number of thiophene rings is 1. The summed E-state index contributed by atoms with van der Waals surface area (Å²) in [6.45, 7) is 1.78. The third-order valence-electron chi connectivity index (χ3n) is 4.56. The molecule has 6 nitrogen and oxygen atoms in total. The quantitative estimate of drug-likeness (QED) is 0.795. The molecule has 1 heterocycles. The fourth-order valence-corrected chi connectivity index (χ4v) is 4.36. The second-order valence-electron chi connectivity index (χ2n) is 6.56. The third kappa shape index (κ3) is 4.36. The van der Waals surface area contributed by atoms with Gasteiger partial charge in [-0.15, -0.1) is 11.3 Å². The van der Waals surface area contributed by atoms with E-state index in [2.05, 4.69) is 12.2 Å². The molecule has 0 spiro atoms. The highest BCUT2D eigenvalue weighted by molar-refractivity contribution is 7.10. The van der Waals surface area contributed by atoms with Gasteiger partial charge in [0.25, 0.3) is 5.91 Å². The van der Waals surface area contributed by atoms with Crippen molar-refractivity contribution in [2.24, 2.45) is 5.92 Å². The van der Waals surface area contributed by atoms with Crippen molar-refractivity contribution >= 4 is 34.9 Å². The standard InChI is InChI=1S/C20H21NO5S/c1-12-7-8-13-15(11-27-17(13)9-12)20(24)26-10-18(22)21-16-6-4-3-5-14(16)19(23)25-2/h3-6,11-12H,7-10H2,1-2H3,(H,21,22). The first-order chi connectivity index (χ1) is 13.0. The normalized spacial score (nSPS) is 15.6. The number of carbonyl (C=O) groups is 3.